The van der Waals surface area contributed by atoms with E-state index in [2.05, 4.69) is 0 Å². The van der Waals surface area contributed by atoms with Crippen LogP contribution in [0.5, 0.6) is 0 Å². The molecule has 0 N–H and O–H groups in total. The molecule has 3 heteroatoms. The summed E-state index contributed by atoms with van der Waals surface area (Å²) in [6.07, 6.45) is -0.488. The van der Waals surface area contributed by atoms with Crippen molar-refractivity contribution in [1.29, 1.82) is 0 Å². The molecule has 0 aromatic heterocycles. The molecule has 0 fully saturated rings. The minimum atomic E-state index is -0.529. The Balaban J connectivity index is 2.30. The third-order valence-corrected chi connectivity index (χ3v) is 2.04. The van der Waals surface area contributed by atoms with Gasteiger partial charge in [-0.25, -0.2) is 4.79 Å². The first-order valence-corrected chi connectivity index (χ1v) is 4.64. The van der Waals surface area contributed by atoms with E-state index in [1.165, 1.54) is 0 Å². The maximum atomic E-state index is 11.4. The van der Waals surface area contributed by atoms with Gasteiger partial charge in [-0.3, -0.25) is 0 Å². The van der Waals surface area contributed by atoms with E-state index in [4.69, 9.17) is 9.47 Å². The quantitative estimate of drug-likeness (QED) is 0.674. The number of ether oxygens (including phenoxy) is 2. The molecule has 0 spiro atoms. The van der Waals surface area contributed by atoms with E-state index in [9.17, 15) is 4.79 Å². The van der Waals surface area contributed by atoms with Gasteiger partial charge in [0.2, 0.25) is 6.29 Å². The fourth-order valence-electron chi connectivity index (χ4n) is 1.46. The van der Waals surface area contributed by atoms with E-state index >= 15 is 0 Å². The Bertz CT molecular complexity index is 357. The van der Waals surface area contributed by atoms with E-state index in [0.29, 0.717) is 5.56 Å². The minimum Gasteiger partial charge on any atom is -0.428 e. The molecule has 1 aromatic rings. The SMILES string of the molecule is CC(C)OC1OC(=O)c2ccccc21. The van der Waals surface area contributed by atoms with Crippen LogP contribution in [0, 0.1) is 0 Å². The highest BCUT2D eigenvalue weighted by Crippen LogP contribution is 2.31. The van der Waals surface area contributed by atoms with Crippen molar-refractivity contribution in [3.8, 4) is 0 Å². The fraction of sp³-hybridized carbons (Fsp3) is 0.364. The molecule has 1 heterocycles. The van der Waals surface area contributed by atoms with Crippen molar-refractivity contribution in [2.75, 3.05) is 0 Å². The zero-order chi connectivity index (χ0) is 10.1. The molecule has 3 nitrogen and oxygen atoms in total. The fourth-order valence-corrected chi connectivity index (χ4v) is 1.46. The van der Waals surface area contributed by atoms with Gasteiger partial charge < -0.3 is 9.47 Å². The van der Waals surface area contributed by atoms with Gasteiger partial charge in [0, 0.05) is 5.56 Å². The van der Waals surface area contributed by atoms with E-state index < -0.39 is 6.29 Å². The van der Waals surface area contributed by atoms with Crippen molar-refractivity contribution < 1.29 is 14.3 Å². The molecule has 0 amide bonds. The normalized spacial score (nSPS) is 19.6. The van der Waals surface area contributed by atoms with Gasteiger partial charge in [0.15, 0.2) is 0 Å². The number of benzene rings is 1. The number of fused-ring (bicyclic) bond motifs is 1. The summed E-state index contributed by atoms with van der Waals surface area (Å²) in [5, 5.41) is 0. The first kappa shape index (κ1) is 9.21. The zero-order valence-electron chi connectivity index (χ0n) is 8.19. The average molecular weight is 192 g/mol. The molecule has 0 aliphatic carbocycles. The van der Waals surface area contributed by atoms with Crippen LogP contribution in [0.1, 0.15) is 36.1 Å². The molecule has 0 radical (unpaired) electrons. The Morgan fingerprint density at radius 2 is 2.07 bits per heavy atom. The molecular formula is C11H12O3. The van der Waals surface area contributed by atoms with Crippen molar-refractivity contribution >= 4 is 5.97 Å². The largest absolute Gasteiger partial charge is 0.428 e. The van der Waals surface area contributed by atoms with Gasteiger partial charge in [-0.15, -0.1) is 0 Å². The molecule has 1 aromatic carbocycles. The summed E-state index contributed by atoms with van der Waals surface area (Å²) in [5.41, 5.74) is 1.43. The van der Waals surface area contributed by atoms with E-state index in [-0.39, 0.29) is 12.1 Å². The molecule has 1 atom stereocenters. The Hall–Kier alpha value is -1.35. The summed E-state index contributed by atoms with van der Waals surface area (Å²) in [6, 6.07) is 7.30. The Morgan fingerprint density at radius 3 is 2.79 bits per heavy atom. The first-order valence-electron chi connectivity index (χ1n) is 4.64. The van der Waals surface area contributed by atoms with Crippen LogP contribution in [0.15, 0.2) is 24.3 Å². The Kier molecular flexibility index (Phi) is 2.25. The van der Waals surface area contributed by atoms with Crippen LogP contribution in [-0.2, 0) is 9.47 Å². The number of hydrogen-bond donors (Lipinski definition) is 0. The summed E-state index contributed by atoms with van der Waals surface area (Å²) in [5.74, 6) is -0.300. The lowest BCUT2D eigenvalue weighted by atomic mass is 10.1. The molecule has 1 unspecified atom stereocenters. The molecule has 1 aliphatic rings. The second-order valence-corrected chi connectivity index (χ2v) is 3.51. The number of hydrogen-bond acceptors (Lipinski definition) is 3. The summed E-state index contributed by atoms with van der Waals surface area (Å²) in [7, 11) is 0. The predicted molar refractivity (Wildman–Crippen MR) is 50.8 cm³/mol. The molecule has 0 saturated carbocycles. The summed E-state index contributed by atoms with van der Waals surface area (Å²) >= 11 is 0. The molecule has 1 aliphatic heterocycles. The summed E-state index contributed by atoms with van der Waals surface area (Å²) in [4.78, 5) is 11.4. The lowest BCUT2D eigenvalue weighted by Gasteiger charge is -2.14. The minimum absolute atomic E-state index is 0.0407. The Labute approximate surface area is 82.6 Å². The number of carbonyl (C=O) groups is 1. The number of esters is 1. The van der Waals surface area contributed by atoms with Gasteiger partial charge in [0.1, 0.15) is 0 Å². The van der Waals surface area contributed by atoms with Crippen molar-refractivity contribution in [1.82, 2.24) is 0 Å². The molecule has 0 bridgehead atoms. The van der Waals surface area contributed by atoms with Crippen molar-refractivity contribution in [2.24, 2.45) is 0 Å². The topological polar surface area (TPSA) is 35.5 Å². The van der Waals surface area contributed by atoms with Crippen molar-refractivity contribution in [3.63, 3.8) is 0 Å². The van der Waals surface area contributed by atoms with Crippen LogP contribution in [0.25, 0.3) is 0 Å². The highest BCUT2D eigenvalue weighted by atomic mass is 16.7. The number of carbonyl (C=O) groups excluding carboxylic acids is 1. The second kappa shape index (κ2) is 3.42. The van der Waals surface area contributed by atoms with Gasteiger partial charge in [0.05, 0.1) is 11.7 Å². The van der Waals surface area contributed by atoms with Crippen LogP contribution < -0.4 is 0 Å². The van der Waals surface area contributed by atoms with Gasteiger partial charge in [0.25, 0.3) is 0 Å². The van der Waals surface area contributed by atoms with Crippen LogP contribution >= 0.6 is 0 Å². The molecular weight excluding hydrogens is 180 g/mol. The number of rotatable bonds is 2. The van der Waals surface area contributed by atoms with Crippen LogP contribution in [0.3, 0.4) is 0 Å². The van der Waals surface area contributed by atoms with Crippen LogP contribution in [0.4, 0.5) is 0 Å². The lowest BCUT2D eigenvalue weighted by Crippen LogP contribution is -2.10. The highest BCUT2D eigenvalue weighted by Gasteiger charge is 2.31. The monoisotopic (exact) mass is 192 g/mol. The maximum absolute atomic E-state index is 11.4. The Morgan fingerprint density at radius 1 is 1.36 bits per heavy atom. The zero-order valence-corrected chi connectivity index (χ0v) is 8.19. The van der Waals surface area contributed by atoms with E-state index in [1.807, 2.05) is 32.0 Å². The van der Waals surface area contributed by atoms with Crippen LogP contribution in [0.2, 0.25) is 0 Å². The standard InChI is InChI=1S/C11H12O3/c1-7(2)13-11-9-6-4-3-5-8(9)10(12)14-11/h3-7,11H,1-2H3. The van der Waals surface area contributed by atoms with Crippen molar-refractivity contribution in [2.45, 2.75) is 26.2 Å². The molecule has 14 heavy (non-hydrogen) atoms. The lowest BCUT2D eigenvalue weighted by molar-refractivity contribution is -0.127. The third-order valence-electron chi connectivity index (χ3n) is 2.04. The maximum Gasteiger partial charge on any atom is 0.341 e. The molecule has 0 saturated heterocycles. The summed E-state index contributed by atoms with van der Waals surface area (Å²) in [6.45, 7) is 3.82. The van der Waals surface area contributed by atoms with Gasteiger partial charge in [-0.2, -0.15) is 0 Å². The first-order chi connectivity index (χ1) is 6.68. The van der Waals surface area contributed by atoms with E-state index in [1.54, 1.807) is 6.07 Å². The molecule has 2 rings (SSSR count). The third kappa shape index (κ3) is 1.51. The van der Waals surface area contributed by atoms with Gasteiger partial charge in [-0.05, 0) is 19.9 Å². The van der Waals surface area contributed by atoms with E-state index in [0.717, 1.165) is 5.56 Å². The van der Waals surface area contributed by atoms with Gasteiger partial charge >= 0.3 is 5.97 Å². The average Bonchev–Trinajstić information content (AvgIpc) is 2.44. The highest BCUT2D eigenvalue weighted by molar-refractivity contribution is 5.93. The predicted octanol–water partition coefficient (Wildman–Crippen LogP) is 2.28. The number of cyclic esters (lactones) is 1. The van der Waals surface area contributed by atoms with Crippen LogP contribution in [-0.4, -0.2) is 12.1 Å². The van der Waals surface area contributed by atoms with Gasteiger partial charge in [-0.1, -0.05) is 18.2 Å². The summed E-state index contributed by atoms with van der Waals surface area (Å²) < 4.78 is 10.5. The molecule has 74 valence electrons. The smallest absolute Gasteiger partial charge is 0.341 e. The second-order valence-electron chi connectivity index (χ2n) is 3.51. The van der Waals surface area contributed by atoms with Crippen molar-refractivity contribution in [3.05, 3.63) is 35.4 Å².